The summed E-state index contributed by atoms with van der Waals surface area (Å²) in [7, 11) is 0. The molecule has 2 heterocycles. The normalized spacial score (nSPS) is 32.9. The largest absolute Gasteiger partial charge is 0.395 e. The highest BCUT2D eigenvalue weighted by Gasteiger charge is 2.43. The second-order valence-corrected chi connectivity index (χ2v) is 5.11. The van der Waals surface area contributed by atoms with Crippen LogP contribution in [0.2, 0.25) is 0 Å². The number of nitrogens with zero attached hydrogens (tertiary/aromatic N) is 1. The average Bonchev–Trinajstić information content (AvgIpc) is 2.57. The van der Waals surface area contributed by atoms with Gasteiger partial charge in [0.2, 0.25) is 0 Å². The van der Waals surface area contributed by atoms with E-state index in [-0.39, 0.29) is 6.61 Å². The number of hydrogen-bond acceptors (Lipinski definition) is 6. The zero-order chi connectivity index (χ0) is 12.6. The Bertz CT molecular complexity index is 513. The third kappa shape index (κ3) is 2.16. The van der Waals surface area contributed by atoms with Gasteiger partial charge >= 0.3 is 5.69 Å². The van der Waals surface area contributed by atoms with Crippen LogP contribution in [0.4, 0.5) is 0 Å². The van der Waals surface area contributed by atoms with Crippen LogP contribution in [0.5, 0.6) is 0 Å². The molecule has 0 unspecified atom stereocenters. The van der Waals surface area contributed by atoms with E-state index in [2.05, 4.69) is 4.98 Å². The van der Waals surface area contributed by atoms with E-state index in [0.29, 0.717) is 0 Å². The van der Waals surface area contributed by atoms with E-state index >= 15 is 0 Å². The average molecular weight is 260 g/mol. The molecule has 94 valence electrons. The highest BCUT2D eigenvalue weighted by atomic mass is 32.2. The Morgan fingerprint density at radius 1 is 1.35 bits per heavy atom. The van der Waals surface area contributed by atoms with Crippen molar-refractivity contribution in [3.05, 3.63) is 33.1 Å². The lowest BCUT2D eigenvalue weighted by Gasteiger charge is -2.17. The summed E-state index contributed by atoms with van der Waals surface area (Å²) in [6.07, 6.45) is -1.01. The van der Waals surface area contributed by atoms with Crippen LogP contribution in [0.3, 0.4) is 0 Å². The number of thioether (sulfide) groups is 1. The number of aliphatic hydroxyl groups is 3. The van der Waals surface area contributed by atoms with Gasteiger partial charge in [0.15, 0.2) is 0 Å². The fourth-order valence-electron chi connectivity index (χ4n) is 1.74. The lowest BCUT2D eigenvalue weighted by atomic mass is 10.1. The van der Waals surface area contributed by atoms with Crippen molar-refractivity contribution in [2.45, 2.75) is 22.8 Å². The Kier molecular flexibility index (Phi) is 3.38. The Morgan fingerprint density at radius 3 is 2.59 bits per heavy atom. The molecule has 1 aromatic rings. The minimum atomic E-state index is -1.17. The molecular weight excluding hydrogens is 248 g/mol. The summed E-state index contributed by atoms with van der Waals surface area (Å²) < 4.78 is 1.13. The smallest absolute Gasteiger partial charge is 0.329 e. The minimum Gasteiger partial charge on any atom is -0.395 e. The molecule has 1 saturated heterocycles. The summed E-state index contributed by atoms with van der Waals surface area (Å²) in [5.41, 5.74) is -1.18. The van der Waals surface area contributed by atoms with E-state index in [9.17, 15) is 19.8 Å². The predicted molar refractivity (Wildman–Crippen MR) is 60.8 cm³/mol. The Labute approximate surface area is 99.7 Å². The standard InChI is InChI=1S/C9H12N2O5S/c12-3-4-6(14)7(15)8(17-4)11-2-1-5(13)10-9(11)16/h1-2,4,6-8,12,14-15H,3H2,(H,10,13,16)/t4-,6-,7+,8+/m0/s1. The summed E-state index contributed by atoms with van der Waals surface area (Å²) in [5, 5.41) is 27.1. The molecule has 0 aromatic carbocycles. The van der Waals surface area contributed by atoms with Crippen molar-refractivity contribution >= 4 is 11.8 Å². The maximum absolute atomic E-state index is 11.5. The molecule has 17 heavy (non-hydrogen) atoms. The van der Waals surface area contributed by atoms with Gasteiger partial charge in [-0.2, -0.15) is 0 Å². The van der Waals surface area contributed by atoms with E-state index < -0.39 is 34.1 Å². The molecule has 1 aromatic heterocycles. The quantitative estimate of drug-likeness (QED) is 0.482. The number of nitrogens with one attached hydrogen (secondary N) is 1. The third-order valence-electron chi connectivity index (χ3n) is 2.64. The van der Waals surface area contributed by atoms with E-state index in [4.69, 9.17) is 5.11 Å². The fourth-order valence-corrected chi connectivity index (χ4v) is 3.12. The molecule has 0 spiro atoms. The van der Waals surface area contributed by atoms with Gasteiger partial charge < -0.3 is 15.3 Å². The second kappa shape index (κ2) is 4.65. The zero-order valence-corrected chi connectivity index (χ0v) is 9.50. The summed E-state index contributed by atoms with van der Waals surface area (Å²) in [4.78, 5) is 24.5. The van der Waals surface area contributed by atoms with E-state index in [1.54, 1.807) is 0 Å². The maximum Gasteiger partial charge on any atom is 0.329 e. The monoisotopic (exact) mass is 260 g/mol. The first-order valence-electron chi connectivity index (χ1n) is 4.98. The van der Waals surface area contributed by atoms with Crippen molar-refractivity contribution in [2.24, 2.45) is 0 Å². The highest BCUT2D eigenvalue weighted by molar-refractivity contribution is 8.00. The molecule has 1 aliphatic rings. The van der Waals surface area contributed by atoms with Gasteiger partial charge in [0.25, 0.3) is 5.56 Å². The first-order chi connectivity index (χ1) is 8.04. The van der Waals surface area contributed by atoms with Crippen molar-refractivity contribution < 1.29 is 15.3 Å². The molecule has 8 heteroatoms. The number of H-pyrrole nitrogens is 1. The Balaban J connectivity index is 2.35. The van der Waals surface area contributed by atoms with Crippen LogP contribution in [0.15, 0.2) is 21.9 Å². The number of aliphatic hydroxyl groups excluding tert-OH is 3. The van der Waals surface area contributed by atoms with Crippen LogP contribution in [0.1, 0.15) is 5.37 Å². The molecule has 1 fully saturated rings. The molecule has 0 bridgehead atoms. The topological polar surface area (TPSA) is 116 Å². The lowest BCUT2D eigenvalue weighted by Crippen LogP contribution is -2.37. The first kappa shape index (κ1) is 12.4. The molecule has 4 atom stereocenters. The fraction of sp³-hybridized carbons (Fsp3) is 0.556. The molecule has 1 aliphatic heterocycles. The summed E-state index contributed by atoms with van der Waals surface area (Å²) >= 11 is 1.09. The van der Waals surface area contributed by atoms with Crippen LogP contribution in [0, 0.1) is 0 Å². The number of aromatic amines is 1. The van der Waals surface area contributed by atoms with Gasteiger partial charge in [-0.1, -0.05) is 0 Å². The predicted octanol–water partition coefficient (Wildman–Crippen LogP) is -2.14. The summed E-state index contributed by atoms with van der Waals surface area (Å²) in [6, 6.07) is 1.16. The summed E-state index contributed by atoms with van der Waals surface area (Å²) in [5.74, 6) is 0. The highest BCUT2D eigenvalue weighted by Crippen LogP contribution is 2.40. The van der Waals surface area contributed by atoms with Crippen molar-refractivity contribution in [1.82, 2.24) is 9.55 Å². The first-order valence-corrected chi connectivity index (χ1v) is 5.93. The van der Waals surface area contributed by atoms with Gasteiger partial charge in [-0.15, -0.1) is 11.8 Å². The Hall–Kier alpha value is -1.09. The molecule has 0 aliphatic carbocycles. The molecule has 7 nitrogen and oxygen atoms in total. The van der Waals surface area contributed by atoms with Crippen molar-refractivity contribution in [2.75, 3.05) is 6.61 Å². The van der Waals surface area contributed by atoms with Crippen LogP contribution in [-0.4, -0.2) is 48.9 Å². The van der Waals surface area contributed by atoms with Gasteiger partial charge in [-0.3, -0.25) is 14.3 Å². The maximum atomic E-state index is 11.5. The van der Waals surface area contributed by atoms with Gasteiger partial charge in [-0.05, 0) is 0 Å². The van der Waals surface area contributed by atoms with Crippen LogP contribution < -0.4 is 11.2 Å². The third-order valence-corrected chi connectivity index (χ3v) is 4.20. The second-order valence-electron chi connectivity index (χ2n) is 3.75. The number of rotatable bonds is 2. The molecule has 0 radical (unpaired) electrons. The number of aromatic nitrogens is 2. The molecular formula is C9H12N2O5S. The van der Waals surface area contributed by atoms with Crippen molar-refractivity contribution in [3.8, 4) is 0 Å². The number of hydrogen-bond donors (Lipinski definition) is 4. The minimum absolute atomic E-state index is 0.294. The van der Waals surface area contributed by atoms with Gasteiger partial charge in [0.05, 0.1) is 18.0 Å². The van der Waals surface area contributed by atoms with Gasteiger partial charge in [0, 0.05) is 12.3 Å². The van der Waals surface area contributed by atoms with Gasteiger partial charge in [-0.25, -0.2) is 4.79 Å². The summed E-state index contributed by atoms with van der Waals surface area (Å²) in [6.45, 7) is -0.294. The SMILES string of the molecule is O=c1ccn([C@@H]2S[C@@H](CO)[C@H](O)[C@H]2O)c(=O)[nH]1. The zero-order valence-electron chi connectivity index (χ0n) is 8.68. The van der Waals surface area contributed by atoms with Crippen LogP contribution in [-0.2, 0) is 0 Å². The molecule has 0 saturated carbocycles. The van der Waals surface area contributed by atoms with Gasteiger partial charge in [0.1, 0.15) is 11.5 Å². The van der Waals surface area contributed by atoms with Crippen LogP contribution >= 0.6 is 11.8 Å². The van der Waals surface area contributed by atoms with E-state index in [1.165, 1.54) is 6.20 Å². The van der Waals surface area contributed by atoms with Crippen LogP contribution in [0.25, 0.3) is 0 Å². The van der Waals surface area contributed by atoms with Crippen molar-refractivity contribution in [1.29, 1.82) is 0 Å². The van der Waals surface area contributed by atoms with E-state index in [0.717, 1.165) is 22.4 Å². The van der Waals surface area contributed by atoms with Crippen molar-refractivity contribution in [3.63, 3.8) is 0 Å². The molecule has 2 rings (SSSR count). The molecule has 0 amide bonds. The lowest BCUT2D eigenvalue weighted by molar-refractivity contribution is 0.0101. The Morgan fingerprint density at radius 2 is 2.06 bits per heavy atom. The van der Waals surface area contributed by atoms with E-state index in [1.807, 2.05) is 0 Å². The molecule has 4 N–H and O–H groups in total.